The quantitative estimate of drug-likeness (QED) is 0.346. The normalized spacial score (nSPS) is 11.5. The van der Waals surface area contributed by atoms with Crippen LogP contribution in [0, 0.1) is 0 Å². The minimum absolute atomic E-state index is 0.372. The van der Waals surface area contributed by atoms with Crippen molar-refractivity contribution in [3.05, 3.63) is 78.6 Å². The predicted molar refractivity (Wildman–Crippen MR) is 122 cm³/mol. The Labute approximate surface area is 182 Å². The SMILES string of the molecule is CC(Nc1nc2ccccc2s1)C(=O)NNC(=O)c1ccc(Nc2ccncc2)cc1. The fourth-order valence-corrected chi connectivity index (χ4v) is 3.74. The second-order valence-electron chi connectivity index (χ2n) is 6.73. The van der Waals surface area contributed by atoms with E-state index >= 15 is 0 Å². The van der Waals surface area contributed by atoms with Gasteiger partial charge in [0, 0.05) is 29.3 Å². The molecule has 31 heavy (non-hydrogen) atoms. The fourth-order valence-electron chi connectivity index (χ4n) is 2.79. The van der Waals surface area contributed by atoms with Gasteiger partial charge in [0.25, 0.3) is 11.8 Å². The molecule has 0 aliphatic heterocycles. The number of hydrogen-bond donors (Lipinski definition) is 4. The maximum absolute atomic E-state index is 12.3. The summed E-state index contributed by atoms with van der Waals surface area (Å²) in [4.78, 5) is 33.1. The summed E-state index contributed by atoms with van der Waals surface area (Å²) in [5.74, 6) is -0.778. The number of nitrogens with one attached hydrogen (secondary N) is 4. The van der Waals surface area contributed by atoms with E-state index in [1.54, 1.807) is 43.6 Å². The number of fused-ring (bicyclic) bond motifs is 1. The molecule has 0 aliphatic rings. The highest BCUT2D eigenvalue weighted by Gasteiger charge is 2.16. The monoisotopic (exact) mass is 432 g/mol. The second kappa shape index (κ2) is 9.23. The summed E-state index contributed by atoms with van der Waals surface area (Å²) in [6.07, 6.45) is 3.39. The van der Waals surface area contributed by atoms with Crippen LogP contribution < -0.4 is 21.5 Å². The third-order valence-electron chi connectivity index (χ3n) is 4.44. The lowest BCUT2D eigenvalue weighted by Gasteiger charge is -2.14. The van der Waals surface area contributed by atoms with Crippen LogP contribution in [0.5, 0.6) is 0 Å². The molecule has 4 rings (SSSR count). The van der Waals surface area contributed by atoms with Gasteiger partial charge in [0.1, 0.15) is 6.04 Å². The van der Waals surface area contributed by atoms with E-state index < -0.39 is 11.9 Å². The minimum atomic E-state index is -0.576. The summed E-state index contributed by atoms with van der Waals surface area (Å²) in [5, 5.41) is 6.92. The zero-order chi connectivity index (χ0) is 21.6. The molecule has 0 bridgehead atoms. The van der Waals surface area contributed by atoms with Crippen LogP contribution in [0.15, 0.2) is 73.1 Å². The van der Waals surface area contributed by atoms with Crippen LogP contribution in [0.3, 0.4) is 0 Å². The first kappa shape index (κ1) is 20.3. The number of nitrogens with zero attached hydrogens (tertiary/aromatic N) is 2. The van der Waals surface area contributed by atoms with Crippen molar-refractivity contribution in [2.45, 2.75) is 13.0 Å². The molecule has 1 atom stereocenters. The maximum atomic E-state index is 12.3. The molecule has 0 saturated heterocycles. The Balaban J connectivity index is 1.28. The van der Waals surface area contributed by atoms with E-state index in [1.807, 2.05) is 36.4 Å². The maximum Gasteiger partial charge on any atom is 0.269 e. The van der Waals surface area contributed by atoms with Gasteiger partial charge in [-0.1, -0.05) is 23.5 Å². The van der Waals surface area contributed by atoms with Crippen molar-refractivity contribution >= 4 is 49.9 Å². The Morgan fingerprint density at radius 1 is 0.903 bits per heavy atom. The Bertz CT molecular complexity index is 1160. The van der Waals surface area contributed by atoms with E-state index in [-0.39, 0.29) is 5.91 Å². The first-order chi connectivity index (χ1) is 15.1. The molecule has 2 aromatic carbocycles. The molecule has 9 heteroatoms. The molecule has 4 N–H and O–H groups in total. The average Bonchev–Trinajstić information content (AvgIpc) is 3.20. The lowest BCUT2D eigenvalue weighted by molar-refractivity contribution is -0.122. The molecule has 2 heterocycles. The van der Waals surface area contributed by atoms with Crippen molar-refractivity contribution in [1.29, 1.82) is 0 Å². The van der Waals surface area contributed by atoms with Crippen molar-refractivity contribution in [3.8, 4) is 0 Å². The van der Waals surface area contributed by atoms with Crippen LogP contribution in [0.1, 0.15) is 17.3 Å². The lowest BCUT2D eigenvalue weighted by atomic mass is 10.2. The number of amides is 2. The Kier molecular flexibility index (Phi) is 6.04. The molecule has 0 radical (unpaired) electrons. The molecule has 1 unspecified atom stereocenters. The number of thiazole rings is 1. The summed E-state index contributed by atoms with van der Waals surface area (Å²) in [5.41, 5.74) is 7.91. The molecule has 8 nitrogen and oxygen atoms in total. The first-order valence-corrected chi connectivity index (χ1v) is 10.4. The Hall–Kier alpha value is -3.98. The number of benzene rings is 2. The summed E-state index contributed by atoms with van der Waals surface area (Å²) >= 11 is 1.47. The minimum Gasteiger partial charge on any atom is -0.355 e. The van der Waals surface area contributed by atoms with Crippen molar-refractivity contribution in [2.24, 2.45) is 0 Å². The molecule has 4 aromatic rings. The second-order valence-corrected chi connectivity index (χ2v) is 7.77. The summed E-state index contributed by atoms with van der Waals surface area (Å²) in [6.45, 7) is 1.70. The van der Waals surface area contributed by atoms with Crippen LogP contribution in [0.4, 0.5) is 16.5 Å². The zero-order valence-corrected chi connectivity index (χ0v) is 17.4. The van der Waals surface area contributed by atoms with Crippen LogP contribution in [0.2, 0.25) is 0 Å². The number of hydrogen-bond acceptors (Lipinski definition) is 7. The van der Waals surface area contributed by atoms with Gasteiger partial charge in [0.15, 0.2) is 5.13 Å². The van der Waals surface area contributed by atoms with Gasteiger partial charge in [0.2, 0.25) is 0 Å². The van der Waals surface area contributed by atoms with Gasteiger partial charge in [-0.2, -0.15) is 0 Å². The molecule has 2 aromatic heterocycles. The molecular formula is C22H20N6O2S. The van der Waals surface area contributed by atoms with Gasteiger partial charge < -0.3 is 10.6 Å². The lowest BCUT2D eigenvalue weighted by Crippen LogP contribution is -2.47. The number of pyridine rings is 1. The molecule has 0 saturated carbocycles. The van der Waals surface area contributed by atoms with Crippen LogP contribution in [-0.2, 0) is 4.79 Å². The summed E-state index contributed by atoms with van der Waals surface area (Å²) in [6, 6.07) is 17.8. The molecular weight excluding hydrogens is 412 g/mol. The zero-order valence-electron chi connectivity index (χ0n) is 16.6. The topological polar surface area (TPSA) is 108 Å². The molecule has 2 amide bonds. The van der Waals surface area contributed by atoms with Crippen molar-refractivity contribution in [2.75, 3.05) is 10.6 Å². The number of para-hydroxylation sites is 1. The van der Waals surface area contributed by atoms with E-state index in [9.17, 15) is 9.59 Å². The smallest absolute Gasteiger partial charge is 0.269 e. The fraction of sp³-hybridized carbons (Fsp3) is 0.0909. The molecule has 156 valence electrons. The van der Waals surface area contributed by atoms with Crippen LogP contribution >= 0.6 is 11.3 Å². The van der Waals surface area contributed by atoms with E-state index in [1.165, 1.54) is 11.3 Å². The number of anilines is 3. The highest BCUT2D eigenvalue weighted by atomic mass is 32.1. The third kappa shape index (κ3) is 5.14. The standard InChI is InChI=1S/C22H20N6O2S/c1-14(24-22-26-18-4-2-3-5-19(18)31-22)20(29)27-28-21(30)15-6-8-16(9-7-15)25-17-10-12-23-13-11-17/h2-14H,1H3,(H,23,25)(H,24,26)(H,27,29)(H,28,30). The van der Waals surface area contributed by atoms with Gasteiger partial charge in [-0.25, -0.2) is 4.98 Å². The Morgan fingerprint density at radius 3 is 2.35 bits per heavy atom. The van der Waals surface area contributed by atoms with Crippen molar-refractivity contribution in [1.82, 2.24) is 20.8 Å². The van der Waals surface area contributed by atoms with Gasteiger partial charge in [-0.05, 0) is 55.5 Å². The third-order valence-corrected chi connectivity index (χ3v) is 5.41. The van der Waals surface area contributed by atoms with Gasteiger partial charge in [-0.15, -0.1) is 0 Å². The molecule has 0 aliphatic carbocycles. The first-order valence-electron chi connectivity index (χ1n) is 9.58. The van der Waals surface area contributed by atoms with Crippen molar-refractivity contribution < 1.29 is 9.59 Å². The van der Waals surface area contributed by atoms with Gasteiger partial charge in [0.05, 0.1) is 10.2 Å². The number of rotatable bonds is 6. The summed E-state index contributed by atoms with van der Waals surface area (Å²) in [7, 11) is 0. The number of carbonyl (C=O) groups is 2. The number of hydrazine groups is 1. The van der Waals surface area contributed by atoms with Crippen LogP contribution in [-0.4, -0.2) is 27.8 Å². The highest BCUT2D eigenvalue weighted by molar-refractivity contribution is 7.22. The van der Waals surface area contributed by atoms with Crippen LogP contribution in [0.25, 0.3) is 10.2 Å². The Morgan fingerprint density at radius 2 is 1.61 bits per heavy atom. The highest BCUT2D eigenvalue weighted by Crippen LogP contribution is 2.25. The van der Waals surface area contributed by atoms with E-state index in [0.717, 1.165) is 21.6 Å². The summed E-state index contributed by atoms with van der Waals surface area (Å²) < 4.78 is 1.03. The average molecular weight is 433 g/mol. The molecule has 0 spiro atoms. The molecule has 0 fully saturated rings. The largest absolute Gasteiger partial charge is 0.355 e. The predicted octanol–water partition coefficient (Wildman–Crippen LogP) is 3.70. The van der Waals surface area contributed by atoms with Gasteiger partial charge >= 0.3 is 0 Å². The van der Waals surface area contributed by atoms with E-state index in [2.05, 4.69) is 31.5 Å². The van der Waals surface area contributed by atoms with Gasteiger partial charge in [-0.3, -0.25) is 25.4 Å². The number of aromatic nitrogens is 2. The van der Waals surface area contributed by atoms with Crippen molar-refractivity contribution in [3.63, 3.8) is 0 Å². The number of carbonyl (C=O) groups excluding carboxylic acids is 2. The van der Waals surface area contributed by atoms with E-state index in [4.69, 9.17) is 0 Å². The van der Waals surface area contributed by atoms with E-state index in [0.29, 0.717) is 10.7 Å².